The van der Waals surface area contributed by atoms with E-state index >= 15 is 0 Å². The maximum Gasteiger partial charge on any atom is 0.422 e. The van der Waals surface area contributed by atoms with Crippen molar-refractivity contribution in [2.24, 2.45) is 0 Å². The zero-order valence-electron chi connectivity index (χ0n) is 12.1. The number of hydrogen-bond acceptors (Lipinski definition) is 5. The average Bonchev–Trinajstić information content (AvgIpc) is 2.99. The number of hydrogen-bond donors (Lipinski definition) is 0. The highest BCUT2D eigenvalue weighted by molar-refractivity contribution is 5.86. The first-order valence-electron chi connectivity index (χ1n) is 6.47. The molecule has 0 aliphatic rings. The summed E-state index contributed by atoms with van der Waals surface area (Å²) in [6.07, 6.45) is -4.44. The Kier molecular flexibility index (Phi) is 5.15. The number of furan rings is 1. The van der Waals surface area contributed by atoms with Gasteiger partial charge < -0.3 is 18.6 Å². The van der Waals surface area contributed by atoms with E-state index in [1.54, 1.807) is 6.07 Å². The van der Waals surface area contributed by atoms with Gasteiger partial charge in [0.05, 0.1) is 7.11 Å². The first kappa shape index (κ1) is 16.7. The molecule has 0 saturated carbocycles. The second-order valence-corrected chi connectivity index (χ2v) is 4.40. The van der Waals surface area contributed by atoms with Crippen LogP contribution in [0.25, 0.3) is 0 Å². The van der Waals surface area contributed by atoms with Crippen molar-refractivity contribution in [3.63, 3.8) is 0 Å². The van der Waals surface area contributed by atoms with Crippen molar-refractivity contribution in [3.05, 3.63) is 47.9 Å². The van der Waals surface area contributed by atoms with Gasteiger partial charge >= 0.3 is 12.1 Å². The van der Waals surface area contributed by atoms with Gasteiger partial charge in [-0.05, 0) is 24.3 Å². The Balaban J connectivity index is 2.00. The third-order valence-corrected chi connectivity index (χ3v) is 2.66. The van der Waals surface area contributed by atoms with E-state index in [1.165, 1.54) is 37.4 Å². The van der Waals surface area contributed by atoms with Crippen LogP contribution in [-0.2, 0) is 11.3 Å². The van der Waals surface area contributed by atoms with Gasteiger partial charge in [0.15, 0.2) is 18.1 Å². The third kappa shape index (κ3) is 4.94. The molecule has 0 aliphatic carbocycles. The summed E-state index contributed by atoms with van der Waals surface area (Å²) >= 11 is 0. The number of rotatable bonds is 6. The number of halogens is 3. The molecular weight excluding hydrogens is 317 g/mol. The van der Waals surface area contributed by atoms with Crippen molar-refractivity contribution in [3.8, 4) is 11.5 Å². The second-order valence-electron chi connectivity index (χ2n) is 4.40. The van der Waals surface area contributed by atoms with Crippen LogP contribution in [0.3, 0.4) is 0 Å². The maximum atomic E-state index is 12.2. The second kappa shape index (κ2) is 7.08. The highest BCUT2D eigenvalue weighted by atomic mass is 19.4. The topological polar surface area (TPSA) is 57.9 Å². The van der Waals surface area contributed by atoms with Gasteiger partial charge in [-0.2, -0.15) is 13.2 Å². The molecule has 0 unspecified atom stereocenters. The van der Waals surface area contributed by atoms with Crippen LogP contribution in [0.2, 0.25) is 0 Å². The number of methoxy groups -OCH3 is 1. The monoisotopic (exact) mass is 330 g/mol. The summed E-state index contributed by atoms with van der Waals surface area (Å²) in [5, 5.41) is 0. The Morgan fingerprint density at radius 2 is 1.74 bits per heavy atom. The van der Waals surface area contributed by atoms with Crippen LogP contribution < -0.4 is 9.47 Å². The number of carbonyl (C=O) groups excluding carboxylic acids is 1. The number of benzene rings is 1. The molecule has 0 amide bonds. The number of esters is 1. The average molecular weight is 330 g/mol. The van der Waals surface area contributed by atoms with Crippen LogP contribution in [0.1, 0.15) is 16.3 Å². The molecule has 0 N–H and O–H groups in total. The SMILES string of the molecule is COC(=O)c1ccc(COc2ccccc2OCC(F)(F)F)o1. The smallest absolute Gasteiger partial charge is 0.422 e. The van der Waals surface area contributed by atoms with Crippen molar-refractivity contribution in [1.82, 2.24) is 0 Å². The molecule has 0 spiro atoms. The quantitative estimate of drug-likeness (QED) is 0.758. The Labute approximate surface area is 129 Å². The molecule has 2 rings (SSSR count). The molecule has 124 valence electrons. The molecule has 0 aliphatic heterocycles. The van der Waals surface area contributed by atoms with E-state index in [0.29, 0.717) is 5.76 Å². The van der Waals surface area contributed by atoms with E-state index < -0.39 is 18.8 Å². The predicted molar refractivity (Wildman–Crippen MR) is 72.4 cm³/mol. The minimum absolute atomic E-state index is 0.00714. The largest absolute Gasteiger partial charge is 0.482 e. The minimum atomic E-state index is -4.44. The Bertz CT molecular complexity index is 663. The fourth-order valence-electron chi connectivity index (χ4n) is 1.66. The van der Waals surface area contributed by atoms with Crippen LogP contribution >= 0.6 is 0 Å². The Morgan fingerprint density at radius 3 is 2.35 bits per heavy atom. The Hall–Kier alpha value is -2.64. The van der Waals surface area contributed by atoms with Crippen LogP contribution in [0, 0.1) is 0 Å². The molecular formula is C15H13F3O5. The van der Waals surface area contributed by atoms with E-state index in [-0.39, 0.29) is 23.9 Å². The van der Waals surface area contributed by atoms with Gasteiger partial charge in [0.1, 0.15) is 12.4 Å². The summed E-state index contributed by atoms with van der Waals surface area (Å²) in [5.74, 6) is -0.216. The summed E-state index contributed by atoms with van der Waals surface area (Å²) in [6.45, 7) is -1.50. The lowest BCUT2D eigenvalue weighted by atomic mass is 10.3. The van der Waals surface area contributed by atoms with Crippen molar-refractivity contribution >= 4 is 5.97 Å². The lowest BCUT2D eigenvalue weighted by Gasteiger charge is -2.13. The fourth-order valence-corrected chi connectivity index (χ4v) is 1.66. The van der Waals surface area contributed by atoms with Crippen molar-refractivity contribution < 1.29 is 36.6 Å². The molecule has 0 atom stereocenters. The number of alkyl halides is 3. The van der Waals surface area contributed by atoms with Gasteiger partial charge in [-0.1, -0.05) is 12.1 Å². The van der Waals surface area contributed by atoms with Crippen molar-refractivity contribution in [2.45, 2.75) is 12.8 Å². The van der Waals surface area contributed by atoms with E-state index in [2.05, 4.69) is 4.74 Å². The molecule has 5 nitrogen and oxygen atoms in total. The Morgan fingerprint density at radius 1 is 1.09 bits per heavy atom. The van der Waals surface area contributed by atoms with E-state index in [0.717, 1.165) is 0 Å². The molecule has 8 heteroatoms. The summed E-state index contributed by atoms with van der Waals surface area (Å²) in [4.78, 5) is 11.3. The van der Waals surface area contributed by atoms with E-state index in [9.17, 15) is 18.0 Å². The molecule has 1 aromatic heterocycles. The molecule has 2 aromatic rings. The third-order valence-electron chi connectivity index (χ3n) is 2.66. The molecule has 1 aromatic carbocycles. The first-order chi connectivity index (χ1) is 10.9. The van der Waals surface area contributed by atoms with Gasteiger partial charge in [0.25, 0.3) is 0 Å². The van der Waals surface area contributed by atoms with E-state index in [1.807, 2.05) is 0 Å². The van der Waals surface area contributed by atoms with Crippen LogP contribution in [-0.4, -0.2) is 25.9 Å². The lowest BCUT2D eigenvalue weighted by Crippen LogP contribution is -2.19. The maximum absolute atomic E-state index is 12.2. The molecule has 23 heavy (non-hydrogen) atoms. The molecule has 0 saturated heterocycles. The summed E-state index contributed by atoms with van der Waals surface area (Å²) in [7, 11) is 1.22. The standard InChI is InChI=1S/C15H13F3O5/c1-20-14(19)13-7-6-10(23-13)8-21-11-4-2-3-5-12(11)22-9-15(16,17)18/h2-7H,8-9H2,1H3. The zero-order chi connectivity index (χ0) is 16.9. The van der Waals surface area contributed by atoms with Gasteiger partial charge in [-0.25, -0.2) is 4.79 Å². The van der Waals surface area contributed by atoms with Crippen LogP contribution in [0.5, 0.6) is 11.5 Å². The molecule has 0 radical (unpaired) electrons. The van der Waals surface area contributed by atoms with Crippen molar-refractivity contribution in [2.75, 3.05) is 13.7 Å². The molecule has 0 bridgehead atoms. The molecule has 0 fully saturated rings. The summed E-state index contributed by atoms with van der Waals surface area (Å²) in [5.41, 5.74) is 0. The van der Waals surface area contributed by atoms with Gasteiger partial charge in [0, 0.05) is 0 Å². The zero-order valence-corrected chi connectivity index (χ0v) is 12.1. The van der Waals surface area contributed by atoms with E-state index in [4.69, 9.17) is 13.9 Å². The number of ether oxygens (including phenoxy) is 3. The number of para-hydroxylation sites is 2. The van der Waals surface area contributed by atoms with Crippen molar-refractivity contribution in [1.29, 1.82) is 0 Å². The van der Waals surface area contributed by atoms with Gasteiger partial charge in [-0.15, -0.1) is 0 Å². The highest BCUT2D eigenvalue weighted by Crippen LogP contribution is 2.29. The molecule has 1 heterocycles. The number of carbonyl (C=O) groups is 1. The summed E-state index contributed by atoms with van der Waals surface area (Å²) < 4.78 is 56.4. The normalized spacial score (nSPS) is 11.1. The van der Waals surface area contributed by atoms with Crippen LogP contribution in [0.15, 0.2) is 40.8 Å². The first-order valence-corrected chi connectivity index (χ1v) is 6.47. The van der Waals surface area contributed by atoms with Crippen LogP contribution in [0.4, 0.5) is 13.2 Å². The highest BCUT2D eigenvalue weighted by Gasteiger charge is 2.29. The predicted octanol–water partition coefficient (Wildman–Crippen LogP) is 3.59. The van der Waals surface area contributed by atoms with Gasteiger partial charge in [-0.3, -0.25) is 0 Å². The fraction of sp³-hybridized carbons (Fsp3) is 0.267. The van der Waals surface area contributed by atoms with Gasteiger partial charge in [0.2, 0.25) is 5.76 Å². The minimum Gasteiger partial charge on any atom is -0.482 e. The summed E-state index contributed by atoms with van der Waals surface area (Å²) in [6, 6.07) is 8.87. The lowest BCUT2D eigenvalue weighted by molar-refractivity contribution is -0.153.